The number of fused-ring (bicyclic) bond motifs is 1. The second-order valence-corrected chi connectivity index (χ2v) is 11.5. The van der Waals surface area contributed by atoms with Crippen LogP contribution in [0.5, 0.6) is 0 Å². The molecule has 3 aromatic rings. The van der Waals surface area contributed by atoms with E-state index in [4.69, 9.17) is 10.1 Å². The maximum Gasteiger partial charge on any atom is 0.216 e. The minimum atomic E-state index is -0.233. The molecular formula is C27H37FN6S. The molecule has 188 valence electrons. The maximum atomic E-state index is 14.1. The first-order chi connectivity index (χ1) is 17.2. The third kappa shape index (κ3) is 5.05. The van der Waals surface area contributed by atoms with Gasteiger partial charge in [0.05, 0.1) is 0 Å². The van der Waals surface area contributed by atoms with Gasteiger partial charge in [-0.3, -0.25) is 4.90 Å². The van der Waals surface area contributed by atoms with Crippen molar-refractivity contribution in [1.29, 1.82) is 0 Å². The molecule has 35 heavy (non-hydrogen) atoms. The molecule has 0 spiro atoms. The molecule has 2 aromatic heterocycles. The minimum Gasteiger partial charge on any atom is -0.365 e. The smallest absolute Gasteiger partial charge is 0.216 e. The van der Waals surface area contributed by atoms with Crippen molar-refractivity contribution in [3.63, 3.8) is 0 Å². The summed E-state index contributed by atoms with van der Waals surface area (Å²) < 4.78 is 16.1. The molecule has 1 saturated heterocycles. The summed E-state index contributed by atoms with van der Waals surface area (Å²) in [7, 11) is 0. The van der Waals surface area contributed by atoms with Crippen molar-refractivity contribution in [1.82, 2.24) is 19.5 Å². The Morgan fingerprint density at radius 1 is 0.886 bits per heavy atom. The lowest BCUT2D eigenvalue weighted by Crippen LogP contribution is -2.50. The van der Waals surface area contributed by atoms with E-state index in [-0.39, 0.29) is 5.82 Å². The van der Waals surface area contributed by atoms with Gasteiger partial charge in [-0.2, -0.15) is 4.52 Å². The van der Waals surface area contributed by atoms with E-state index in [2.05, 4.69) is 15.1 Å². The van der Waals surface area contributed by atoms with Gasteiger partial charge in [-0.15, -0.1) is 5.10 Å². The molecule has 1 aliphatic heterocycles. The van der Waals surface area contributed by atoms with Crippen LogP contribution in [0.4, 0.5) is 15.3 Å². The number of nitrogens with zero attached hydrogens (tertiary/aromatic N) is 5. The number of benzene rings is 1. The van der Waals surface area contributed by atoms with Crippen LogP contribution in [0.3, 0.4) is 0 Å². The van der Waals surface area contributed by atoms with Crippen molar-refractivity contribution in [3.05, 3.63) is 30.1 Å². The van der Waals surface area contributed by atoms with E-state index in [1.807, 2.05) is 10.6 Å². The number of imidazole rings is 1. The van der Waals surface area contributed by atoms with Crippen LogP contribution in [0.2, 0.25) is 0 Å². The zero-order valence-corrected chi connectivity index (χ0v) is 21.4. The zero-order chi connectivity index (χ0) is 23.6. The van der Waals surface area contributed by atoms with Crippen LogP contribution in [0, 0.1) is 5.82 Å². The predicted octanol–water partition coefficient (Wildman–Crippen LogP) is 6.19. The van der Waals surface area contributed by atoms with Crippen LogP contribution in [0.25, 0.3) is 16.2 Å². The molecule has 1 aromatic carbocycles. The number of piperazine rings is 1. The highest BCUT2D eigenvalue weighted by atomic mass is 32.1. The monoisotopic (exact) mass is 496 g/mol. The van der Waals surface area contributed by atoms with Crippen LogP contribution in [0.15, 0.2) is 24.3 Å². The minimum absolute atomic E-state index is 0.233. The Labute approximate surface area is 211 Å². The lowest BCUT2D eigenvalue weighted by atomic mass is 9.94. The van der Waals surface area contributed by atoms with Crippen LogP contribution >= 0.6 is 11.3 Å². The van der Waals surface area contributed by atoms with Crippen molar-refractivity contribution in [2.45, 2.75) is 82.7 Å². The summed E-state index contributed by atoms with van der Waals surface area (Å²) in [6.45, 7) is 4.28. The molecule has 6 rings (SSSR count). The maximum absolute atomic E-state index is 14.1. The molecule has 2 aliphatic carbocycles. The number of hydrogen-bond donors (Lipinski definition) is 1. The van der Waals surface area contributed by atoms with E-state index < -0.39 is 0 Å². The van der Waals surface area contributed by atoms with E-state index >= 15 is 0 Å². The molecule has 2 saturated carbocycles. The van der Waals surface area contributed by atoms with Crippen LogP contribution in [-0.4, -0.2) is 57.8 Å². The van der Waals surface area contributed by atoms with Crippen molar-refractivity contribution in [2.75, 3.05) is 36.4 Å². The van der Waals surface area contributed by atoms with Gasteiger partial charge in [0.2, 0.25) is 10.1 Å². The second kappa shape index (κ2) is 10.4. The summed E-state index contributed by atoms with van der Waals surface area (Å²) >= 11 is 1.66. The first-order valence-corrected chi connectivity index (χ1v) is 14.5. The largest absolute Gasteiger partial charge is 0.365 e. The highest BCUT2D eigenvalue weighted by Gasteiger charge is 2.28. The molecule has 0 bridgehead atoms. The van der Waals surface area contributed by atoms with Gasteiger partial charge in [0.15, 0.2) is 5.82 Å². The molecular weight excluding hydrogens is 459 g/mol. The summed E-state index contributed by atoms with van der Waals surface area (Å²) in [4.78, 5) is 11.0. The Balaban J connectivity index is 1.26. The fourth-order valence-corrected chi connectivity index (χ4v) is 7.13. The van der Waals surface area contributed by atoms with Crippen molar-refractivity contribution < 1.29 is 4.39 Å². The number of halogens is 1. The second-order valence-electron chi connectivity index (χ2n) is 10.5. The molecule has 1 N–H and O–H groups in total. The van der Waals surface area contributed by atoms with E-state index in [1.165, 1.54) is 63.9 Å². The third-order valence-corrected chi connectivity index (χ3v) is 9.13. The Hall–Kier alpha value is -2.19. The van der Waals surface area contributed by atoms with Crippen molar-refractivity contribution in [3.8, 4) is 11.3 Å². The Morgan fingerprint density at radius 3 is 2.34 bits per heavy atom. The first kappa shape index (κ1) is 23.2. The fourth-order valence-electron chi connectivity index (χ4n) is 6.17. The highest BCUT2D eigenvalue weighted by molar-refractivity contribution is 7.20. The lowest BCUT2D eigenvalue weighted by molar-refractivity contribution is 0.148. The van der Waals surface area contributed by atoms with Gasteiger partial charge >= 0.3 is 0 Å². The summed E-state index contributed by atoms with van der Waals surface area (Å²) in [5, 5.41) is 9.89. The first-order valence-electron chi connectivity index (χ1n) is 13.7. The molecule has 0 unspecified atom stereocenters. The summed E-state index contributed by atoms with van der Waals surface area (Å²) in [6, 6.07) is 7.97. The normalized spacial score (nSPS) is 21.5. The fraction of sp³-hybridized carbons (Fsp3) is 0.630. The quantitative estimate of drug-likeness (QED) is 0.427. The van der Waals surface area contributed by atoms with Gasteiger partial charge < -0.3 is 10.2 Å². The topological polar surface area (TPSA) is 48.7 Å². The number of nitrogens with one attached hydrogen (secondary N) is 1. The summed E-state index contributed by atoms with van der Waals surface area (Å²) in [6.07, 6.45) is 14.4. The van der Waals surface area contributed by atoms with E-state index in [0.717, 1.165) is 72.2 Å². The van der Waals surface area contributed by atoms with Crippen LogP contribution < -0.4 is 10.2 Å². The molecule has 0 atom stereocenters. The Morgan fingerprint density at radius 2 is 1.60 bits per heavy atom. The van der Waals surface area contributed by atoms with Gasteiger partial charge in [-0.25, -0.2) is 9.37 Å². The number of anilines is 2. The number of rotatable bonds is 5. The molecule has 6 nitrogen and oxygen atoms in total. The Kier molecular flexibility index (Phi) is 6.92. The highest BCUT2D eigenvalue weighted by Crippen LogP contribution is 2.35. The van der Waals surface area contributed by atoms with E-state index in [9.17, 15) is 4.39 Å². The standard InChI is InChI=1S/C27H37FN6S/c28-21-10-8-9-20(19-21)24-25(29-22-11-4-1-2-5-12-22)34-26(30-24)35-27(31-34)33-17-15-32(16-18-33)23-13-6-3-7-14-23/h8-10,19,22-23,29H,1-7,11-18H2. The molecule has 0 radical (unpaired) electrons. The lowest BCUT2D eigenvalue weighted by Gasteiger charge is -2.40. The zero-order valence-electron chi connectivity index (χ0n) is 20.6. The Bertz CT molecular complexity index is 1120. The molecule has 3 fully saturated rings. The average Bonchev–Trinajstić information content (AvgIpc) is 3.34. The summed E-state index contributed by atoms with van der Waals surface area (Å²) in [5.41, 5.74) is 1.61. The molecule has 0 amide bonds. The SMILES string of the molecule is Fc1cccc(-c2nc3sc(N4CCN(C5CCCCC5)CC4)nn3c2NC2CCCCCC2)c1. The van der Waals surface area contributed by atoms with Crippen molar-refractivity contribution >= 4 is 27.2 Å². The van der Waals surface area contributed by atoms with Crippen molar-refractivity contribution in [2.24, 2.45) is 0 Å². The number of aromatic nitrogens is 3. The van der Waals surface area contributed by atoms with Crippen LogP contribution in [-0.2, 0) is 0 Å². The molecule has 8 heteroatoms. The van der Waals surface area contributed by atoms with E-state index in [1.54, 1.807) is 23.5 Å². The van der Waals surface area contributed by atoms with Gasteiger partial charge in [0.25, 0.3) is 0 Å². The van der Waals surface area contributed by atoms with Gasteiger partial charge in [-0.1, -0.05) is 68.4 Å². The van der Waals surface area contributed by atoms with Crippen LogP contribution in [0.1, 0.15) is 70.6 Å². The average molecular weight is 497 g/mol. The van der Waals surface area contributed by atoms with Gasteiger partial charge in [0.1, 0.15) is 11.5 Å². The molecule has 3 aliphatic rings. The van der Waals surface area contributed by atoms with E-state index in [0.29, 0.717) is 6.04 Å². The summed E-state index contributed by atoms with van der Waals surface area (Å²) in [5.74, 6) is 0.685. The number of hydrogen-bond acceptors (Lipinski definition) is 6. The third-order valence-electron chi connectivity index (χ3n) is 8.16. The predicted molar refractivity (Wildman–Crippen MR) is 142 cm³/mol. The molecule has 3 heterocycles. The van der Waals surface area contributed by atoms with Gasteiger partial charge in [-0.05, 0) is 37.8 Å². The van der Waals surface area contributed by atoms with Gasteiger partial charge in [0, 0.05) is 43.8 Å².